The largest absolute Gasteiger partial charge is 0.392 e. The number of aliphatic hydroxyl groups is 1. The Balaban J connectivity index is 1.89. The van der Waals surface area contributed by atoms with Gasteiger partial charge in [-0.25, -0.2) is 0 Å². The van der Waals surface area contributed by atoms with E-state index in [0.29, 0.717) is 6.04 Å². The molecule has 1 saturated carbocycles. The van der Waals surface area contributed by atoms with Crippen molar-refractivity contribution < 1.29 is 5.11 Å². The Morgan fingerprint density at radius 2 is 2.25 bits per heavy atom. The number of nitrogens with one attached hydrogen (secondary N) is 1. The van der Waals surface area contributed by atoms with Gasteiger partial charge in [-0.3, -0.25) is 4.98 Å². The van der Waals surface area contributed by atoms with Crippen LogP contribution in [0.5, 0.6) is 0 Å². The average molecular weight is 220 g/mol. The fraction of sp³-hybridized carbons (Fsp3) is 0.615. The van der Waals surface area contributed by atoms with Gasteiger partial charge >= 0.3 is 0 Å². The molecule has 0 spiro atoms. The van der Waals surface area contributed by atoms with Gasteiger partial charge in [0.2, 0.25) is 0 Å². The Hall–Kier alpha value is -0.930. The number of hydrogen-bond donors (Lipinski definition) is 2. The van der Waals surface area contributed by atoms with E-state index >= 15 is 0 Å². The fourth-order valence-electron chi connectivity index (χ4n) is 2.20. The van der Waals surface area contributed by atoms with E-state index in [1.165, 1.54) is 11.1 Å². The molecule has 1 fully saturated rings. The molecule has 0 aromatic carbocycles. The highest BCUT2D eigenvalue weighted by Crippen LogP contribution is 2.40. The summed E-state index contributed by atoms with van der Waals surface area (Å²) in [7, 11) is 0. The minimum absolute atomic E-state index is 0.00272. The van der Waals surface area contributed by atoms with Gasteiger partial charge in [-0.2, -0.15) is 0 Å². The summed E-state index contributed by atoms with van der Waals surface area (Å²) in [6.45, 7) is 7.09. The van der Waals surface area contributed by atoms with E-state index in [9.17, 15) is 5.11 Å². The second kappa shape index (κ2) is 4.15. The molecule has 0 amide bonds. The minimum atomic E-state index is -0.166. The van der Waals surface area contributed by atoms with E-state index in [-0.39, 0.29) is 11.5 Å². The summed E-state index contributed by atoms with van der Waals surface area (Å²) in [6, 6.07) is 2.55. The van der Waals surface area contributed by atoms with Gasteiger partial charge < -0.3 is 10.4 Å². The summed E-state index contributed by atoms with van der Waals surface area (Å²) in [5, 5.41) is 13.1. The molecular formula is C13H20N2O. The van der Waals surface area contributed by atoms with Gasteiger partial charge in [0.25, 0.3) is 0 Å². The van der Waals surface area contributed by atoms with Crippen LogP contribution in [-0.4, -0.2) is 22.2 Å². The lowest BCUT2D eigenvalue weighted by atomic mass is 9.64. The van der Waals surface area contributed by atoms with Gasteiger partial charge in [0.1, 0.15) is 0 Å². The Kier molecular flexibility index (Phi) is 3.00. The molecule has 2 atom stereocenters. The molecule has 1 heterocycles. The number of aryl methyl sites for hydroxylation is 1. The van der Waals surface area contributed by atoms with E-state index in [1.54, 1.807) is 0 Å². The lowest BCUT2D eigenvalue weighted by molar-refractivity contribution is -0.0729. The number of pyridine rings is 1. The van der Waals surface area contributed by atoms with Crippen LogP contribution < -0.4 is 5.32 Å². The number of hydrogen-bond acceptors (Lipinski definition) is 3. The van der Waals surface area contributed by atoms with E-state index < -0.39 is 0 Å². The van der Waals surface area contributed by atoms with Crippen molar-refractivity contribution in [3.63, 3.8) is 0 Å². The number of aromatic nitrogens is 1. The summed E-state index contributed by atoms with van der Waals surface area (Å²) in [4.78, 5) is 4.17. The highest BCUT2D eigenvalue weighted by molar-refractivity contribution is 5.17. The predicted molar refractivity (Wildman–Crippen MR) is 64.0 cm³/mol. The topological polar surface area (TPSA) is 45.2 Å². The highest BCUT2D eigenvalue weighted by Gasteiger charge is 2.46. The maximum absolute atomic E-state index is 9.64. The van der Waals surface area contributed by atoms with E-state index in [1.807, 2.05) is 19.3 Å². The van der Waals surface area contributed by atoms with Crippen LogP contribution in [0.4, 0.5) is 0 Å². The summed E-state index contributed by atoms with van der Waals surface area (Å²) in [5.41, 5.74) is 2.39. The van der Waals surface area contributed by atoms with Crippen molar-refractivity contribution in [3.8, 4) is 0 Å². The molecule has 16 heavy (non-hydrogen) atoms. The summed E-state index contributed by atoms with van der Waals surface area (Å²) in [5.74, 6) is 0. The first-order valence-electron chi connectivity index (χ1n) is 5.82. The van der Waals surface area contributed by atoms with Gasteiger partial charge in [0.05, 0.1) is 6.10 Å². The van der Waals surface area contributed by atoms with Crippen LogP contribution in [0.3, 0.4) is 0 Å². The Bertz CT molecular complexity index is 376. The number of nitrogens with zero attached hydrogens (tertiary/aromatic N) is 1. The number of rotatable bonds is 3. The predicted octanol–water partition coefficient (Wildman–Crippen LogP) is 1.64. The van der Waals surface area contributed by atoms with Gasteiger partial charge in [-0.05, 0) is 24.5 Å². The molecule has 0 aliphatic heterocycles. The second-order valence-electron chi connectivity index (χ2n) is 5.38. The molecule has 88 valence electrons. The SMILES string of the molecule is Cc1cncc(CNC2CC(O)C2(C)C)c1. The normalized spacial score (nSPS) is 27.5. The zero-order chi connectivity index (χ0) is 11.8. The second-order valence-corrected chi connectivity index (χ2v) is 5.38. The molecule has 1 aliphatic carbocycles. The highest BCUT2D eigenvalue weighted by atomic mass is 16.3. The first-order valence-corrected chi connectivity index (χ1v) is 5.82. The standard InChI is InChI=1S/C13H20N2O/c1-9-4-10(7-14-6-9)8-15-11-5-12(16)13(11,2)3/h4,6-7,11-12,15-16H,5,8H2,1-3H3. The monoisotopic (exact) mass is 220 g/mol. The van der Waals surface area contributed by atoms with Crippen molar-refractivity contribution >= 4 is 0 Å². The smallest absolute Gasteiger partial charge is 0.0621 e. The minimum Gasteiger partial charge on any atom is -0.392 e. The van der Waals surface area contributed by atoms with Crippen LogP contribution in [0.25, 0.3) is 0 Å². The third kappa shape index (κ3) is 2.11. The van der Waals surface area contributed by atoms with Crippen molar-refractivity contribution in [1.29, 1.82) is 0 Å². The van der Waals surface area contributed by atoms with Crippen molar-refractivity contribution in [2.75, 3.05) is 0 Å². The van der Waals surface area contributed by atoms with Crippen LogP contribution in [0.15, 0.2) is 18.5 Å². The Morgan fingerprint density at radius 3 is 2.81 bits per heavy atom. The zero-order valence-corrected chi connectivity index (χ0v) is 10.2. The molecule has 3 nitrogen and oxygen atoms in total. The Labute approximate surface area is 96.9 Å². The third-order valence-electron chi connectivity index (χ3n) is 3.70. The molecule has 0 radical (unpaired) electrons. The first-order chi connectivity index (χ1) is 7.50. The lowest BCUT2D eigenvalue weighted by Gasteiger charge is -2.49. The third-order valence-corrected chi connectivity index (χ3v) is 3.70. The lowest BCUT2D eigenvalue weighted by Crippen LogP contribution is -2.59. The van der Waals surface area contributed by atoms with Crippen LogP contribution in [0.2, 0.25) is 0 Å². The summed E-state index contributed by atoms with van der Waals surface area (Å²) >= 11 is 0. The fourth-order valence-corrected chi connectivity index (χ4v) is 2.20. The van der Waals surface area contributed by atoms with E-state index in [0.717, 1.165) is 13.0 Å². The van der Waals surface area contributed by atoms with Crippen molar-refractivity contribution in [1.82, 2.24) is 10.3 Å². The molecule has 2 N–H and O–H groups in total. The molecular weight excluding hydrogens is 200 g/mol. The van der Waals surface area contributed by atoms with Crippen LogP contribution in [-0.2, 0) is 6.54 Å². The van der Waals surface area contributed by atoms with Crippen LogP contribution >= 0.6 is 0 Å². The summed E-state index contributed by atoms with van der Waals surface area (Å²) in [6.07, 6.45) is 4.44. The van der Waals surface area contributed by atoms with Crippen molar-refractivity contribution in [2.24, 2.45) is 5.41 Å². The summed E-state index contributed by atoms with van der Waals surface area (Å²) < 4.78 is 0. The van der Waals surface area contributed by atoms with Gasteiger partial charge in [0, 0.05) is 30.4 Å². The van der Waals surface area contributed by atoms with Gasteiger partial charge in [-0.1, -0.05) is 19.9 Å². The molecule has 0 bridgehead atoms. The molecule has 0 saturated heterocycles. The molecule has 3 heteroatoms. The van der Waals surface area contributed by atoms with Gasteiger partial charge in [-0.15, -0.1) is 0 Å². The zero-order valence-electron chi connectivity index (χ0n) is 10.2. The van der Waals surface area contributed by atoms with Crippen molar-refractivity contribution in [2.45, 2.75) is 45.9 Å². The van der Waals surface area contributed by atoms with Crippen molar-refractivity contribution in [3.05, 3.63) is 29.6 Å². The first kappa shape index (κ1) is 11.6. The van der Waals surface area contributed by atoms with E-state index in [4.69, 9.17) is 0 Å². The van der Waals surface area contributed by atoms with Crippen LogP contribution in [0, 0.1) is 12.3 Å². The molecule has 2 rings (SSSR count). The number of aliphatic hydroxyl groups excluding tert-OH is 1. The average Bonchev–Trinajstić information content (AvgIpc) is 2.24. The maximum atomic E-state index is 9.64. The molecule has 1 aliphatic rings. The molecule has 2 unspecified atom stereocenters. The molecule has 1 aromatic heterocycles. The quantitative estimate of drug-likeness (QED) is 0.814. The van der Waals surface area contributed by atoms with Crippen LogP contribution in [0.1, 0.15) is 31.4 Å². The molecule has 1 aromatic rings. The van der Waals surface area contributed by atoms with Gasteiger partial charge in [0.15, 0.2) is 0 Å². The Morgan fingerprint density at radius 1 is 1.50 bits per heavy atom. The van der Waals surface area contributed by atoms with E-state index in [2.05, 4.69) is 30.2 Å². The maximum Gasteiger partial charge on any atom is 0.0621 e.